The highest BCUT2D eigenvalue weighted by Gasteiger charge is 2.26. The number of halogens is 2. The molecule has 2 rings (SSSR count). The molecule has 30 heavy (non-hydrogen) atoms. The first-order chi connectivity index (χ1) is 14.0. The van der Waals surface area contributed by atoms with Crippen LogP contribution in [0.2, 0.25) is 10.0 Å². The third kappa shape index (κ3) is 6.73. The van der Waals surface area contributed by atoms with Crippen LogP contribution in [0.5, 0.6) is 0 Å². The summed E-state index contributed by atoms with van der Waals surface area (Å²) >= 11 is 12.3. The van der Waals surface area contributed by atoms with Crippen LogP contribution >= 0.6 is 23.2 Å². The van der Waals surface area contributed by atoms with Crippen LogP contribution in [0.4, 0.5) is 0 Å². The monoisotopic (exact) mass is 449 g/mol. The van der Waals surface area contributed by atoms with E-state index in [9.17, 15) is 9.59 Å². The van der Waals surface area contributed by atoms with E-state index in [0.717, 1.165) is 11.1 Å². The van der Waals surface area contributed by atoms with E-state index in [2.05, 4.69) is 10.6 Å². The number of hydrogen-bond acceptors (Lipinski definition) is 3. The van der Waals surface area contributed by atoms with Gasteiger partial charge in [0.1, 0.15) is 0 Å². The summed E-state index contributed by atoms with van der Waals surface area (Å²) < 4.78 is 0. The fourth-order valence-electron chi connectivity index (χ4n) is 2.80. The maximum absolute atomic E-state index is 12.8. The predicted octanol–water partition coefficient (Wildman–Crippen LogP) is 4.86. The maximum Gasteiger partial charge on any atom is 0.253 e. The normalized spacial score (nSPS) is 14.1. The molecule has 7 heteroatoms. The molecule has 2 amide bonds. The van der Waals surface area contributed by atoms with Crippen molar-refractivity contribution in [3.05, 3.63) is 69.2 Å². The summed E-state index contributed by atoms with van der Waals surface area (Å²) in [6.45, 7) is 8.00. The van der Waals surface area contributed by atoms with Crippen molar-refractivity contribution in [1.82, 2.24) is 10.6 Å². The van der Waals surface area contributed by atoms with E-state index in [0.29, 0.717) is 15.6 Å². The van der Waals surface area contributed by atoms with Gasteiger partial charge in [0.25, 0.3) is 5.91 Å². The zero-order chi connectivity index (χ0) is 22.5. The first-order valence-electron chi connectivity index (χ1n) is 9.90. The first kappa shape index (κ1) is 24.2. The molecule has 0 heterocycles. The molecule has 0 aromatic heterocycles. The van der Waals surface area contributed by atoms with Gasteiger partial charge in [0, 0.05) is 23.5 Å². The zero-order valence-corrected chi connectivity index (χ0v) is 19.3. The van der Waals surface area contributed by atoms with Crippen LogP contribution in [-0.4, -0.2) is 17.4 Å². The average molecular weight is 450 g/mol. The smallest absolute Gasteiger partial charge is 0.253 e. The number of hydrogen-bond donors (Lipinski definition) is 3. The van der Waals surface area contributed by atoms with Gasteiger partial charge in [-0.05, 0) is 55.2 Å². The van der Waals surface area contributed by atoms with E-state index in [4.69, 9.17) is 28.9 Å². The standard InChI is InChI=1S/C23H29Cl2N3O2/c1-14(2)23(4,26)12-21(29)27-13-16-8-9-20(25)19(10-16)22(30)28-15(3)17-6-5-7-18(24)11-17/h5-11,14-15H,12-13,26H2,1-4H3,(H,27,29)(H,28,30). The first-order valence-corrected chi connectivity index (χ1v) is 10.7. The van der Waals surface area contributed by atoms with Crippen LogP contribution in [0.3, 0.4) is 0 Å². The van der Waals surface area contributed by atoms with Crippen molar-refractivity contribution in [2.24, 2.45) is 11.7 Å². The highest BCUT2D eigenvalue weighted by molar-refractivity contribution is 6.33. The third-order valence-corrected chi connectivity index (χ3v) is 5.89. The minimum atomic E-state index is -0.578. The van der Waals surface area contributed by atoms with Crippen LogP contribution in [0, 0.1) is 5.92 Å². The summed E-state index contributed by atoms with van der Waals surface area (Å²) in [7, 11) is 0. The van der Waals surface area contributed by atoms with Gasteiger partial charge in [-0.2, -0.15) is 0 Å². The summed E-state index contributed by atoms with van der Waals surface area (Å²) in [5, 5.41) is 6.74. The van der Waals surface area contributed by atoms with Crippen LogP contribution in [-0.2, 0) is 11.3 Å². The van der Waals surface area contributed by atoms with E-state index in [1.807, 2.05) is 45.9 Å². The summed E-state index contributed by atoms with van der Waals surface area (Å²) in [5.41, 5.74) is 7.62. The lowest BCUT2D eigenvalue weighted by molar-refractivity contribution is -0.122. The van der Waals surface area contributed by atoms with Crippen molar-refractivity contribution in [3.8, 4) is 0 Å². The van der Waals surface area contributed by atoms with Crippen molar-refractivity contribution in [1.29, 1.82) is 0 Å². The number of benzene rings is 2. The lowest BCUT2D eigenvalue weighted by Gasteiger charge is -2.28. The highest BCUT2D eigenvalue weighted by atomic mass is 35.5. The number of amides is 2. The van der Waals surface area contributed by atoms with E-state index in [1.54, 1.807) is 24.3 Å². The summed E-state index contributed by atoms with van der Waals surface area (Å²) in [4.78, 5) is 25.0. The van der Waals surface area contributed by atoms with Crippen molar-refractivity contribution < 1.29 is 9.59 Å². The predicted molar refractivity (Wildman–Crippen MR) is 123 cm³/mol. The number of carbonyl (C=O) groups excluding carboxylic acids is 2. The van der Waals surface area contributed by atoms with E-state index in [1.165, 1.54) is 0 Å². The van der Waals surface area contributed by atoms with Gasteiger partial charge in [-0.3, -0.25) is 9.59 Å². The Kier molecular flexibility index (Phi) is 8.30. The molecule has 0 bridgehead atoms. The van der Waals surface area contributed by atoms with E-state index < -0.39 is 5.54 Å². The third-order valence-electron chi connectivity index (χ3n) is 5.32. The Balaban J connectivity index is 2.04. The number of nitrogens with one attached hydrogen (secondary N) is 2. The number of nitrogens with two attached hydrogens (primary N) is 1. The molecule has 2 aromatic carbocycles. The number of rotatable bonds is 8. The molecule has 4 N–H and O–H groups in total. The van der Waals surface area contributed by atoms with E-state index in [-0.39, 0.29) is 36.7 Å². The Morgan fingerprint density at radius 1 is 1.10 bits per heavy atom. The molecule has 2 atom stereocenters. The molecule has 0 aliphatic carbocycles. The van der Waals surface area contributed by atoms with Gasteiger partial charge in [0.2, 0.25) is 5.91 Å². The highest BCUT2D eigenvalue weighted by Crippen LogP contribution is 2.22. The lowest BCUT2D eigenvalue weighted by Crippen LogP contribution is -2.46. The fraction of sp³-hybridized carbons (Fsp3) is 0.391. The second-order valence-corrected chi connectivity index (χ2v) is 9.02. The Morgan fingerprint density at radius 2 is 1.80 bits per heavy atom. The number of carbonyl (C=O) groups is 2. The lowest BCUT2D eigenvalue weighted by atomic mass is 9.86. The Bertz CT molecular complexity index is 913. The van der Waals surface area contributed by atoms with Crippen LogP contribution in [0.25, 0.3) is 0 Å². The van der Waals surface area contributed by atoms with Gasteiger partial charge < -0.3 is 16.4 Å². The van der Waals surface area contributed by atoms with Gasteiger partial charge in [0.05, 0.1) is 16.6 Å². The topological polar surface area (TPSA) is 84.2 Å². The molecular formula is C23H29Cl2N3O2. The fourth-order valence-corrected chi connectivity index (χ4v) is 3.21. The molecule has 5 nitrogen and oxygen atoms in total. The van der Waals surface area contributed by atoms with Crippen LogP contribution < -0.4 is 16.4 Å². The minimum Gasteiger partial charge on any atom is -0.352 e. The van der Waals surface area contributed by atoms with Gasteiger partial charge in [-0.25, -0.2) is 0 Å². The molecule has 0 aliphatic rings. The Hall–Kier alpha value is -2.08. The molecule has 0 saturated heterocycles. The molecular weight excluding hydrogens is 421 g/mol. The molecule has 0 aliphatic heterocycles. The van der Waals surface area contributed by atoms with Crippen molar-refractivity contribution in [3.63, 3.8) is 0 Å². The van der Waals surface area contributed by atoms with Gasteiger partial charge in [-0.15, -0.1) is 0 Å². The largest absolute Gasteiger partial charge is 0.352 e. The summed E-state index contributed by atoms with van der Waals surface area (Å²) in [6.07, 6.45) is 0.225. The molecule has 0 spiro atoms. The molecule has 0 saturated carbocycles. The Labute approximate surface area is 188 Å². The quantitative estimate of drug-likeness (QED) is 0.537. The SMILES string of the molecule is CC(NC(=O)c1cc(CNC(=O)CC(C)(N)C(C)C)ccc1Cl)c1cccc(Cl)c1. The van der Waals surface area contributed by atoms with Gasteiger partial charge in [-0.1, -0.05) is 55.2 Å². The maximum atomic E-state index is 12.8. The molecule has 2 unspecified atom stereocenters. The summed E-state index contributed by atoms with van der Waals surface area (Å²) in [5.74, 6) is -0.255. The van der Waals surface area contributed by atoms with Crippen molar-refractivity contribution in [2.45, 2.75) is 52.2 Å². The molecule has 162 valence electrons. The molecule has 0 radical (unpaired) electrons. The Morgan fingerprint density at radius 3 is 2.43 bits per heavy atom. The van der Waals surface area contributed by atoms with Gasteiger partial charge in [0.15, 0.2) is 0 Å². The van der Waals surface area contributed by atoms with Gasteiger partial charge >= 0.3 is 0 Å². The summed E-state index contributed by atoms with van der Waals surface area (Å²) in [6, 6.07) is 12.2. The van der Waals surface area contributed by atoms with Crippen LogP contribution in [0.1, 0.15) is 61.6 Å². The molecule has 0 fully saturated rings. The van der Waals surface area contributed by atoms with Crippen LogP contribution in [0.15, 0.2) is 42.5 Å². The van der Waals surface area contributed by atoms with E-state index >= 15 is 0 Å². The van der Waals surface area contributed by atoms with Crippen molar-refractivity contribution >= 4 is 35.0 Å². The minimum absolute atomic E-state index is 0.135. The second kappa shape index (κ2) is 10.3. The molecule has 2 aromatic rings. The second-order valence-electron chi connectivity index (χ2n) is 8.18. The zero-order valence-electron chi connectivity index (χ0n) is 17.8. The van der Waals surface area contributed by atoms with Crippen molar-refractivity contribution in [2.75, 3.05) is 0 Å². The average Bonchev–Trinajstić information content (AvgIpc) is 2.66.